The zero-order chi connectivity index (χ0) is 20.9. The fourth-order valence-electron chi connectivity index (χ4n) is 3.09. The van der Waals surface area contributed by atoms with Crippen molar-refractivity contribution in [1.82, 2.24) is 14.8 Å². The molecule has 1 amide bonds. The summed E-state index contributed by atoms with van der Waals surface area (Å²) in [6.45, 7) is 2.27. The number of para-hydroxylation sites is 1. The van der Waals surface area contributed by atoms with E-state index in [1.54, 1.807) is 0 Å². The Labute approximate surface area is 179 Å². The normalized spacial score (nSPS) is 10.9. The third-order valence-electron chi connectivity index (χ3n) is 4.78. The second-order valence-corrected chi connectivity index (χ2v) is 7.82. The smallest absolute Gasteiger partial charge is 0.234 e. The minimum Gasteiger partial charge on any atom is -0.485 e. The molecule has 1 aromatic heterocycles. The molecule has 4 aromatic rings. The minimum absolute atomic E-state index is 0.0779. The standard InChI is InChI=1S/C23H22N4O2S/c1-16-8-3-6-12-19(16)24-22(28)15-30-23-26-25-21(27(23)2)14-29-20-13-7-10-17-9-4-5-11-18(17)20/h3-13H,14-15H2,1-2H3,(H,24,28). The number of rotatable bonds is 7. The Morgan fingerprint density at radius 3 is 2.67 bits per heavy atom. The van der Waals surface area contributed by atoms with E-state index in [-0.39, 0.29) is 11.7 Å². The van der Waals surface area contributed by atoms with Gasteiger partial charge in [-0.2, -0.15) is 0 Å². The molecule has 152 valence electrons. The Bertz CT molecular complexity index is 1180. The third-order valence-corrected chi connectivity index (χ3v) is 5.80. The van der Waals surface area contributed by atoms with Gasteiger partial charge in [0.25, 0.3) is 0 Å². The molecule has 30 heavy (non-hydrogen) atoms. The highest BCUT2D eigenvalue weighted by molar-refractivity contribution is 7.99. The Balaban J connectivity index is 1.37. The lowest BCUT2D eigenvalue weighted by atomic mass is 10.1. The summed E-state index contributed by atoms with van der Waals surface area (Å²) in [6, 6.07) is 21.8. The second kappa shape index (κ2) is 9.00. The zero-order valence-corrected chi connectivity index (χ0v) is 17.6. The molecule has 0 aliphatic carbocycles. The van der Waals surface area contributed by atoms with Crippen LogP contribution < -0.4 is 10.1 Å². The van der Waals surface area contributed by atoms with Crippen LogP contribution >= 0.6 is 11.8 Å². The van der Waals surface area contributed by atoms with Gasteiger partial charge in [0.1, 0.15) is 12.4 Å². The van der Waals surface area contributed by atoms with Crippen molar-refractivity contribution in [3.8, 4) is 5.75 Å². The number of aromatic nitrogens is 3. The number of carbonyl (C=O) groups is 1. The van der Waals surface area contributed by atoms with Crippen LogP contribution in [0.25, 0.3) is 10.8 Å². The lowest BCUT2D eigenvalue weighted by Crippen LogP contribution is -2.15. The molecule has 0 unspecified atom stereocenters. The van der Waals surface area contributed by atoms with Crippen LogP contribution in [0.3, 0.4) is 0 Å². The van der Waals surface area contributed by atoms with Crippen molar-refractivity contribution >= 4 is 34.1 Å². The van der Waals surface area contributed by atoms with Gasteiger partial charge < -0.3 is 14.6 Å². The van der Waals surface area contributed by atoms with Crippen molar-refractivity contribution in [1.29, 1.82) is 0 Å². The van der Waals surface area contributed by atoms with Crippen LogP contribution in [0.2, 0.25) is 0 Å². The van der Waals surface area contributed by atoms with E-state index < -0.39 is 0 Å². The minimum atomic E-state index is -0.0779. The van der Waals surface area contributed by atoms with Gasteiger partial charge in [0.05, 0.1) is 5.75 Å². The topological polar surface area (TPSA) is 69.0 Å². The summed E-state index contributed by atoms with van der Waals surface area (Å²) >= 11 is 1.35. The summed E-state index contributed by atoms with van der Waals surface area (Å²) in [6.07, 6.45) is 0. The summed E-state index contributed by atoms with van der Waals surface area (Å²) < 4.78 is 7.86. The number of aryl methyl sites for hydroxylation is 1. The van der Waals surface area contributed by atoms with Gasteiger partial charge in [-0.1, -0.05) is 66.4 Å². The van der Waals surface area contributed by atoms with Crippen molar-refractivity contribution < 1.29 is 9.53 Å². The molecule has 0 radical (unpaired) electrons. The first-order chi connectivity index (χ1) is 14.6. The predicted octanol–water partition coefficient (Wildman–Crippen LogP) is 4.59. The highest BCUT2D eigenvalue weighted by Gasteiger charge is 2.13. The average Bonchev–Trinajstić information content (AvgIpc) is 3.12. The van der Waals surface area contributed by atoms with E-state index in [2.05, 4.69) is 27.6 Å². The molecule has 4 rings (SSSR count). The van der Waals surface area contributed by atoms with E-state index in [9.17, 15) is 4.79 Å². The summed E-state index contributed by atoms with van der Waals surface area (Å²) in [5.74, 6) is 1.68. The number of anilines is 1. The van der Waals surface area contributed by atoms with Crippen LogP contribution in [0.4, 0.5) is 5.69 Å². The first kappa shape index (κ1) is 20.0. The maximum Gasteiger partial charge on any atom is 0.234 e. The molecule has 7 heteroatoms. The van der Waals surface area contributed by atoms with Gasteiger partial charge >= 0.3 is 0 Å². The van der Waals surface area contributed by atoms with E-state index >= 15 is 0 Å². The number of amides is 1. The summed E-state index contributed by atoms with van der Waals surface area (Å²) in [7, 11) is 1.88. The van der Waals surface area contributed by atoms with E-state index in [0.717, 1.165) is 27.8 Å². The van der Waals surface area contributed by atoms with Gasteiger partial charge in [-0.05, 0) is 30.0 Å². The van der Waals surface area contributed by atoms with Gasteiger partial charge in [0.15, 0.2) is 11.0 Å². The van der Waals surface area contributed by atoms with Crippen molar-refractivity contribution in [2.45, 2.75) is 18.7 Å². The number of nitrogens with one attached hydrogen (secondary N) is 1. The maximum atomic E-state index is 12.3. The highest BCUT2D eigenvalue weighted by atomic mass is 32.2. The van der Waals surface area contributed by atoms with E-state index in [0.29, 0.717) is 17.6 Å². The summed E-state index contributed by atoms with van der Waals surface area (Å²) in [5, 5.41) is 14.2. The number of benzene rings is 3. The number of carbonyl (C=O) groups excluding carboxylic acids is 1. The molecule has 3 aromatic carbocycles. The molecule has 0 bridgehead atoms. The lowest BCUT2D eigenvalue weighted by molar-refractivity contribution is -0.113. The van der Waals surface area contributed by atoms with Crippen LogP contribution in [-0.2, 0) is 18.4 Å². The summed E-state index contributed by atoms with van der Waals surface area (Å²) in [4.78, 5) is 12.3. The van der Waals surface area contributed by atoms with E-state index in [1.165, 1.54) is 11.8 Å². The van der Waals surface area contributed by atoms with Gasteiger partial charge in [-0.25, -0.2) is 0 Å². The van der Waals surface area contributed by atoms with Gasteiger partial charge in [-0.3, -0.25) is 4.79 Å². The SMILES string of the molecule is Cc1ccccc1NC(=O)CSc1nnc(COc2cccc3ccccc23)n1C. The van der Waals surface area contributed by atoms with E-state index in [4.69, 9.17) is 4.74 Å². The molecule has 0 fully saturated rings. The number of hydrogen-bond donors (Lipinski definition) is 1. The fraction of sp³-hybridized carbons (Fsp3) is 0.174. The molecule has 0 aliphatic heterocycles. The summed E-state index contributed by atoms with van der Waals surface area (Å²) in [5.41, 5.74) is 1.85. The Kier molecular flexibility index (Phi) is 5.99. The van der Waals surface area contributed by atoms with Gasteiger partial charge in [0.2, 0.25) is 5.91 Å². The molecule has 1 heterocycles. The van der Waals surface area contributed by atoms with Gasteiger partial charge in [0, 0.05) is 18.1 Å². The lowest BCUT2D eigenvalue weighted by Gasteiger charge is -2.09. The van der Waals surface area contributed by atoms with Crippen LogP contribution in [-0.4, -0.2) is 26.4 Å². The molecule has 6 nitrogen and oxygen atoms in total. The van der Waals surface area contributed by atoms with E-state index in [1.807, 2.05) is 73.1 Å². The van der Waals surface area contributed by atoms with Gasteiger partial charge in [-0.15, -0.1) is 10.2 Å². The Morgan fingerprint density at radius 2 is 1.80 bits per heavy atom. The number of ether oxygens (including phenoxy) is 1. The molecule has 0 saturated carbocycles. The number of nitrogens with zero attached hydrogens (tertiary/aromatic N) is 3. The van der Waals surface area contributed by atoms with Crippen LogP contribution in [0.15, 0.2) is 71.9 Å². The maximum absolute atomic E-state index is 12.3. The Hall–Kier alpha value is -3.32. The molecule has 0 atom stereocenters. The monoisotopic (exact) mass is 418 g/mol. The third kappa shape index (κ3) is 4.46. The number of fused-ring (bicyclic) bond motifs is 1. The molecular formula is C23H22N4O2S. The van der Waals surface area contributed by atoms with Crippen molar-refractivity contribution in [3.63, 3.8) is 0 Å². The van der Waals surface area contributed by atoms with Crippen LogP contribution in [0, 0.1) is 6.92 Å². The predicted molar refractivity (Wildman–Crippen MR) is 120 cm³/mol. The molecule has 0 aliphatic rings. The van der Waals surface area contributed by atoms with Crippen molar-refractivity contribution in [2.75, 3.05) is 11.1 Å². The molecule has 0 saturated heterocycles. The zero-order valence-electron chi connectivity index (χ0n) is 16.8. The fourth-order valence-corrected chi connectivity index (χ4v) is 3.82. The number of hydrogen-bond acceptors (Lipinski definition) is 5. The first-order valence-electron chi connectivity index (χ1n) is 9.59. The highest BCUT2D eigenvalue weighted by Crippen LogP contribution is 2.26. The molecule has 0 spiro atoms. The quantitative estimate of drug-likeness (QED) is 0.445. The average molecular weight is 419 g/mol. The molecular weight excluding hydrogens is 396 g/mol. The van der Waals surface area contributed by atoms with Crippen molar-refractivity contribution in [3.05, 3.63) is 78.1 Å². The van der Waals surface area contributed by atoms with Crippen LogP contribution in [0.1, 0.15) is 11.4 Å². The molecule has 1 N–H and O–H groups in total. The largest absolute Gasteiger partial charge is 0.485 e. The number of thioether (sulfide) groups is 1. The second-order valence-electron chi connectivity index (χ2n) is 6.88. The van der Waals surface area contributed by atoms with Crippen LogP contribution in [0.5, 0.6) is 5.75 Å². The van der Waals surface area contributed by atoms with Crippen molar-refractivity contribution in [2.24, 2.45) is 7.05 Å². The Morgan fingerprint density at radius 1 is 1.03 bits per heavy atom. The first-order valence-corrected chi connectivity index (χ1v) is 10.6.